The van der Waals surface area contributed by atoms with Gasteiger partial charge in [0.25, 0.3) is 0 Å². The molecule has 1 aromatic carbocycles. The minimum Gasteiger partial charge on any atom is -0.339 e. The summed E-state index contributed by atoms with van der Waals surface area (Å²) in [5.41, 5.74) is 1.00. The van der Waals surface area contributed by atoms with Crippen LogP contribution in [0.15, 0.2) is 34.9 Å². The lowest BCUT2D eigenvalue weighted by atomic mass is 10.0. The van der Waals surface area contributed by atoms with Gasteiger partial charge in [-0.3, -0.25) is 0 Å². The molecule has 3 heteroatoms. The first kappa shape index (κ1) is 10.9. The molecule has 3 nitrogen and oxygen atoms in total. The molecule has 2 rings (SSSR count). The molecule has 0 amide bonds. The lowest BCUT2D eigenvalue weighted by Crippen LogP contribution is -1.95. The van der Waals surface area contributed by atoms with Gasteiger partial charge in [-0.2, -0.15) is 4.98 Å². The molecule has 0 fully saturated rings. The van der Waals surface area contributed by atoms with Gasteiger partial charge in [0.1, 0.15) is 0 Å². The Balaban J connectivity index is 2.26. The van der Waals surface area contributed by atoms with E-state index in [0.29, 0.717) is 11.7 Å². The van der Waals surface area contributed by atoms with Crippen molar-refractivity contribution in [2.24, 2.45) is 0 Å². The average Bonchev–Trinajstić information content (AvgIpc) is 2.81. The van der Waals surface area contributed by atoms with E-state index in [1.807, 2.05) is 30.3 Å². The third kappa shape index (κ3) is 2.13. The van der Waals surface area contributed by atoms with Crippen LogP contribution in [0, 0.1) is 0 Å². The summed E-state index contributed by atoms with van der Waals surface area (Å²) in [5, 5.41) is 4.02. The number of hydrogen-bond donors (Lipinski definition) is 0. The molecule has 1 heterocycles. The fourth-order valence-corrected chi connectivity index (χ4v) is 1.74. The van der Waals surface area contributed by atoms with E-state index in [2.05, 4.69) is 24.0 Å². The van der Waals surface area contributed by atoms with E-state index in [0.717, 1.165) is 24.3 Å². The highest BCUT2D eigenvalue weighted by Crippen LogP contribution is 2.23. The van der Waals surface area contributed by atoms with Gasteiger partial charge in [-0.1, -0.05) is 49.3 Å². The second-order valence-corrected chi connectivity index (χ2v) is 3.84. The molecule has 0 aliphatic rings. The third-order valence-corrected chi connectivity index (χ3v) is 2.81. The first-order valence-electron chi connectivity index (χ1n) is 5.74. The smallest absolute Gasteiger partial charge is 0.230 e. The number of rotatable bonds is 4. The SMILES string of the molecule is CCC(CC)c1nc(-c2ccccc2)no1. The van der Waals surface area contributed by atoms with Crippen LogP contribution < -0.4 is 0 Å². The zero-order valence-electron chi connectivity index (χ0n) is 9.68. The number of aromatic nitrogens is 2. The van der Waals surface area contributed by atoms with Gasteiger partial charge in [0.2, 0.25) is 11.7 Å². The van der Waals surface area contributed by atoms with Crippen molar-refractivity contribution in [3.8, 4) is 11.4 Å². The number of hydrogen-bond acceptors (Lipinski definition) is 3. The zero-order chi connectivity index (χ0) is 11.4. The summed E-state index contributed by atoms with van der Waals surface area (Å²) in [4.78, 5) is 4.44. The molecule has 2 aromatic rings. The molecule has 0 saturated heterocycles. The summed E-state index contributed by atoms with van der Waals surface area (Å²) < 4.78 is 5.30. The van der Waals surface area contributed by atoms with E-state index in [4.69, 9.17) is 4.52 Å². The predicted octanol–water partition coefficient (Wildman–Crippen LogP) is 3.64. The zero-order valence-corrected chi connectivity index (χ0v) is 9.68. The van der Waals surface area contributed by atoms with Crippen molar-refractivity contribution in [1.29, 1.82) is 0 Å². The van der Waals surface area contributed by atoms with E-state index in [9.17, 15) is 0 Å². The highest BCUT2D eigenvalue weighted by atomic mass is 16.5. The molecular formula is C13H16N2O. The third-order valence-electron chi connectivity index (χ3n) is 2.81. The topological polar surface area (TPSA) is 38.9 Å². The number of benzene rings is 1. The van der Waals surface area contributed by atoms with Crippen molar-refractivity contribution in [3.63, 3.8) is 0 Å². The molecule has 0 aliphatic carbocycles. The Morgan fingerprint density at radius 1 is 1.12 bits per heavy atom. The molecule has 0 radical (unpaired) electrons. The van der Waals surface area contributed by atoms with E-state index in [1.165, 1.54) is 0 Å². The first-order valence-corrected chi connectivity index (χ1v) is 5.74. The Morgan fingerprint density at radius 2 is 1.81 bits per heavy atom. The summed E-state index contributed by atoms with van der Waals surface area (Å²) in [7, 11) is 0. The number of nitrogens with zero attached hydrogens (tertiary/aromatic N) is 2. The van der Waals surface area contributed by atoms with Crippen LogP contribution in [0.5, 0.6) is 0 Å². The van der Waals surface area contributed by atoms with Crippen LogP contribution >= 0.6 is 0 Å². The van der Waals surface area contributed by atoms with Gasteiger partial charge in [0.05, 0.1) is 0 Å². The lowest BCUT2D eigenvalue weighted by molar-refractivity contribution is 0.346. The predicted molar refractivity (Wildman–Crippen MR) is 63.1 cm³/mol. The molecule has 0 aliphatic heterocycles. The van der Waals surface area contributed by atoms with Crippen LogP contribution in [-0.4, -0.2) is 10.1 Å². The van der Waals surface area contributed by atoms with Gasteiger partial charge in [-0.15, -0.1) is 0 Å². The Hall–Kier alpha value is -1.64. The Morgan fingerprint density at radius 3 is 2.44 bits per heavy atom. The minimum atomic E-state index is 0.380. The summed E-state index contributed by atoms with van der Waals surface area (Å²) >= 11 is 0. The quantitative estimate of drug-likeness (QED) is 0.783. The minimum absolute atomic E-state index is 0.380. The maximum absolute atomic E-state index is 5.30. The maximum Gasteiger partial charge on any atom is 0.230 e. The molecule has 0 N–H and O–H groups in total. The van der Waals surface area contributed by atoms with Crippen molar-refractivity contribution in [2.75, 3.05) is 0 Å². The van der Waals surface area contributed by atoms with E-state index >= 15 is 0 Å². The molecule has 0 spiro atoms. The van der Waals surface area contributed by atoms with Crippen LogP contribution in [0.25, 0.3) is 11.4 Å². The van der Waals surface area contributed by atoms with Crippen molar-refractivity contribution in [2.45, 2.75) is 32.6 Å². The van der Waals surface area contributed by atoms with Gasteiger partial charge in [0, 0.05) is 11.5 Å². The van der Waals surface area contributed by atoms with Crippen LogP contribution in [-0.2, 0) is 0 Å². The Kier molecular flexibility index (Phi) is 3.34. The normalized spacial score (nSPS) is 10.9. The van der Waals surface area contributed by atoms with Crippen molar-refractivity contribution >= 4 is 0 Å². The van der Waals surface area contributed by atoms with E-state index < -0.39 is 0 Å². The van der Waals surface area contributed by atoms with Gasteiger partial charge in [0.15, 0.2) is 0 Å². The standard InChI is InChI=1S/C13H16N2O/c1-3-10(4-2)13-14-12(15-16-13)11-8-6-5-7-9-11/h5-10H,3-4H2,1-2H3. The highest BCUT2D eigenvalue weighted by molar-refractivity contribution is 5.53. The summed E-state index contributed by atoms with van der Waals surface area (Å²) in [5.74, 6) is 1.82. The van der Waals surface area contributed by atoms with Crippen molar-refractivity contribution < 1.29 is 4.52 Å². The van der Waals surface area contributed by atoms with Crippen LogP contribution in [0.4, 0.5) is 0 Å². The van der Waals surface area contributed by atoms with Crippen LogP contribution in [0.1, 0.15) is 38.5 Å². The molecule has 1 aromatic heterocycles. The van der Waals surface area contributed by atoms with Gasteiger partial charge in [-0.05, 0) is 12.8 Å². The van der Waals surface area contributed by atoms with E-state index in [1.54, 1.807) is 0 Å². The molecule has 0 atom stereocenters. The molecule has 16 heavy (non-hydrogen) atoms. The van der Waals surface area contributed by atoms with Gasteiger partial charge >= 0.3 is 0 Å². The van der Waals surface area contributed by atoms with Crippen LogP contribution in [0.3, 0.4) is 0 Å². The first-order chi connectivity index (χ1) is 7.85. The molecule has 0 unspecified atom stereocenters. The lowest BCUT2D eigenvalue weighted by Gasteiger charge is -2.04. The average molecular weight is 216 g/mol. The van der Waals surface area contributed by atoms with Crippen molar-refractivity contribution in [1.82, 2.24) is 10.1 Å². The highest BCUT2D eigenvalue weighted by Gasteiger charge is 2.15. The maximum atomic E-state index is 5.30. The summed E-state index contributed by atoms with van der Waals surface area (Å²) in [6.07, 6.45) is 2.07. The Labute approximate surface area is 95.5 Å². The largest absolute Gasteiger partial charge is 0.339 e. The molecule has 0 bridgehead atoms. The summed E-state index contributed by atoms with van der Waals surface area (Å²) in [6, 6.07) is 9.90. The van der Waals surface area contributed by atoms with Gasteiger partial charge < -0.3 is 4.52 Å². The monoisotopic (exact) mass is 216 g/mol. The van der Waals surface area contributed by atoms with E-state index in [-0.39, 0.29) is 0 Å². The second-order valence-electron chi connectivity index (χ2n) is 3.84. The molecule has 84 valence electrons. The van der Waals surface area contributed by atoms with Crippen LogP contribution in [0.2, 0.25) is 0 Å². The second kappa shape index (κ2) is 4.92. The molecule has 0 saturated carbocycles. The van der Waals surface area contributed by atoms with Gasteiger partial charge in [-0.25, -0.2) is 0 Å². The fourth-order valence-electron chi connectivity index (χ4n) is 1.74. The fraction of sp³-hybridized carbons (Fsp3) is 0.385. The Bertz CT molecular complexity index is 432. The van der Waals surface area contributed by atoms with Crippen molar-refractivity contribution in [3.05, 3.63) is 36.2 Å². The molecular weight excluding hydrogens is 200 g/mol. The summed E-state index contributed by atoms with van der Waals surface area (Å²) in [6.45, 7) is 4.28.